The van der Waals surface area contributed by atoms with Crippen molar-refractivity contribution in [2.45, 2.75) is 163 Å². The minimum atomic E-state index is 0.0940. The van der Waals surface area contributed by atoms with Gasteiger partial charge >= 0.3 is 0 Å². The number of ketones is 3. The molecular formula is C105H113N3O3. The topological polar surface area (TPSA) is 60.9 Å². The number of terminal acetylenes is 1. The van der Waals surface area contributed by atoms with Gasteiger partial charge in [0.25, 0.3) is 0 Å². The van der Waals surface area contributed by atoms with Gasteiger partial charge in [0.2, 0.25) is 0 Å². The van der Waals surface area contributed by atoms with E-state index in [9.17, 15) is 14.4 Å². The average Bonchev–Trinajstić information content (AvgIpc) is 0.783. The Kier molecular flexibility index (Phi) is 26.8. The van der Waals surface area contributed by atoms with Gasteiger partial charge in [0.1, 0.15) is 0 Å². The van der Waals surface area contributed by atoms with Gasteiger partial charge in [-0.25, -0.2) is 0 Å². The van der Waals surface area contributed by atoms with Crippen molar-refractivity contribution in [3.05, 3.63) is 287 Å². The van der Waals surface area contributed by atoms with E-state index in [0.717, 1.165) is 81.0 Å². The molecule has 111 heavy (non-hydrogen) atoms. The highest BCUT2D eigenvalue weighted by atomic mass is 16.1. The maximum Gasteiger partial charge on any atom is 0.159 e. The number of fused-ring (bicyclic) bond motifs is 3. The first-order valence-electron chi connectivity index (χ1n) is 41.4. The summed E-state index contributed by atoms with van der Waals surface area (Å²) in [4.78, 5) is 45.1. The maximum absolute atomic E-state index is 12.4. The predicted molar refractivity (Wildman–Crippen MR) is 471 cm³/mol. The summed E-state index contributed by atoms with van der Waals surface area (Å²) in [6.45, 7) is 26.6. The summed E-state index contributed by atoms with van der Waals surface area (Å²) < 4.78 is 0. The molecule has 12 aromatic carbocycles. The number of rotatable bonds is 23. The number of unbranched alkanes of at least 4 members (excludes halogenated alkanes) is 5. The minimum Gasteiger partial charge on any atom is -0.303 e. The van der Waals surface area contributed by atoms with Gasteiger partial charge in [-0.3, -0.25) is 14.4 Å². The summed E-state index contributed by atoms with van der Waals surface area (Å²) >= 11 is 0. The van der Waals surface area contributed by atoms with Crippen LogP contribution in [-0.2, 0) is 0 Å². The zero-order valence-electron chi connectivity index (χ0n) is 67.2. The molecule has 0 aliphatic carbocycles. The van der Waals surface area contributed by atoms with Gasteiger partial charge in [0.05, 0.1) is 0 Å². The molecule has 0 radical (unpaired) electrons. The Labute approximate surface area is 662 Å². The number of piperidine rings is 3. The van der Waals surface area contributed by atoms with E-state index in [0.29, 0.717) is 17.8 Å². The van der Waals surface area contributed by atoms with Gasteiger partial charge in [-0.05, 0) is 353 Å². The standard InChI is InChI=1S/C36H41NO.C36H37NO.C33H35NO/c2*1-4-5-6-7-20-37-21-18-30(19-22-37)28-12-14-31(15-13-28)36-25-33(27(3)38)24-34-23-32(16-17-35(34)36)29-10-8-26(2)9-11-29;1-4-17-34-18-15-27(16-19-34)25-9-11-28(12-10-25)33-22-30(24(3)35)21-31-20-29(13-14-32(31)33)26-7-5-23(2)6-8-26/h8-17,23-25,30H,4-7,18-22H2,1-3H3;1,8-17,23-25,30H,5-7,18-22H2,2-3H3;5-14,20-22,27H,4,15-19H2,1-3H3. The third kappa shape index (κ3) is 20.2. The maximum atomic E-state index is 12.4. The van der Waals surface area contributed by atoms with Crippen LogP contribution in [0.2, 0.25) is 0 Å². The lowest BCUT2D eigenvalue weighted by atomic mass is 9.87. The largest absolute Gasteiger partial charge is 0.303 e. The number of benzene rings is 12. The van der Waals surface area contributed by atoms with Gasteiger partial charge < -0.3 is 14.7 Å². The van der Waals surface area contributed by atoms with Crippen molar-refractivity contribution in [2.75, 3.05) is 58.9 Å². The summed E-state index contributed by atoms with van der Waals surface area (Å²) in [7, 11) is 0. The van der Waals surface area contributed by atoms with E-state index < -0.39 is 0 Å². The van der Waals surface area contributed by atoms with E-state index in [1.54, 1.807) is 20.8 Å². The van der Waals surface area contributed by atoms with Gasteiger partial charge in [0, 0.05) is 23.1 Å². The number of carbonyl (C=O) groups excluding carboxylic acids is 3. The smallest absolute Gasteiger partial charge is 0.159 e. The second-order valence-electron chi connectivity index (χ2n) is 32.1. The fourth-order valence-corrected chi connectivity index (χ4v) is 17.1. The number of aryl methyl sites for hydroxylation is 3. The molecule has 15 rings (SSSR count). The molecule has 3 saturated heterocycles. The van der Waals surface area contributed by atoms with Crippen LogP contribution < -0.4 is 0 Å². The van der Waals surface area contributed by atoms with Crippen molar-refractivity contribution in [3.8, 4) is 79.1 Å². The first-order chi connectivity index (χ1) is 54.0. The van der Waals surface area contributed by atoms with Crippen LogP contribution in [0.1, 0.15) is 207 Å². The minimum absolute atomic E-state index is 0.0940. The lowest BCUT2D eigenvalue weighted by molar-refractivity contribution is 0.100. The molecule has 0 spiro atoms. The summed E-state index contributed by atoms with van der Waals surface area (Å²) in [5.74, 6) is 4.95. The van der Waals surface area contributed by atoms with E-state index in [1.807, 2.05) is 18.2 Å². The third-order valence-electron chi connectivity index (χ3n) is 24.0. The first-order valence-corrected chi connectivity index (χ1v) is 41.4. The number of hydrogen-bond acceptors (Lipinski definition) is 6. The summed E-state index contributed by atoms with van der Waals surface area (Å²) in [5, 5.41) is 6.88. The van der Waals surface area contributed by atoms with Crippen molar-refractivity contribution >= 4 is 49.7 Å². The van der Waals surface area contributed by atoms with Crippen molar-refractivity contribution < 1.29 is 14.4 Å². The van der Waals surface area contributed by atoms with Crippen molar-refractivity contribution in [1.29, 1.82) is 0 Å². The number of likely N-dealkylation sites (tertiary alicyclic amines) is 3. The number of Topliss-reactive ketones (excluding diaryl/α,β-unsaturated/α-hetero) is 3. The Morgan fingerprint density at radius 3 is 0.874 bits per heavy atom. The molecule has 0 N–H and O–H groups in total. The molecule has 3 fully saturated rings. The summed E-state index contributed by atoms with van der Waals surface area (Å²) in [6, 6.07) is 85.4. The number of nitrogens with zero attached hydrogens (tertiary/aromatic N) is 3. The molecule has 0 amide bonds. The Bertz CT molecular complexity index is 5190. The predicted octanol–water partition coefficient (Wildman–Crippen LogP) is 26.4. The molecule has 6 nitrogen and oxygen atoms in total. The van der Waals surface area contributed by atoms with Gasteiger partial charge in [0.15, 0.2) is 17.3 Å². The Balaban J connectivity index is 0.000000146. The molecule has 0 bridgehead atoms. The molecule has 6 heteroatoms. The van der Waals surface area contributed by atoms with Gasteiger partial charge in [-0.2, -0.15) is 0 Å². The Morgan fingerprint density at radius 2 is 0.595 bits per heavy atom. The van der Waals surface area contributed by atoms with E-state index in [2.05, 4.69) is 274 Å². The zero-order valence-corrected chi connectivity index (χ0v) is 67.2. The fraction of sp³-hybridized carbons (Fsp3) is 0.324. The summed E-state index contributed by atoms with van der Waals surface area (Å²) in [5.41, 5.74) is 24.4. The van der Waals surface area contributed by atoms with E-state index in [-0.39, 0.29) is 17.3 Å². The molecule has 566 valence electrons. The lowest BCUT2D eigenvalue weighted by Gasteiger charge is -2.32. The van der Waals surface area contributed by atoms with Gasteiger partial charge in [-0.1, -0.05) is 232 Å². The fourth-order valence-electron chi connectivity index (χ4n) is 17.1. The molecule has 3 aliphatic heterocycles. The average molecular weight is 1470 g/mol. The number of carbonyl (C=O) groups is 3. The molecule has 0 aromatic heterocycles. The molecule has 3 heterocycles. The lowest BCUT2D eigenvalue weighted by Crippen LogP contribution is -2.33. The summed E-state index contributed by atoms with van der Waals surface area (Å²) in [6.07, 6.45) is 22.6. The second kappa shape index (κ2) is 37.7. The monoisotopic (exact) mass is 1460 g/mol. The SMILES string of the molecule is C#CCCCCN1CCC(c2ccc(-c3cc(C(C)=O)cc4cc(-c5ccc(C)cc5)ccc34)cc2)CC1.CCCCCCN1CCC(c2ccc(-c3cc(C(C)=O)cc4cc(-c5ccc(C)cc5)ccc34)cc2)CC1.CCCN1CCC(c2ccc(-c3cc(C(C)=O)cc4cc(-c5ccc(C)cc5)ccc34)cc2)CC1. The van der Waals surface area contributed by atoms with Crippen molar-refractivity contribution in [1.82, 2.24) is 14.7 Å². The van der Waals surface area contributed by atoms with Crippen LogP contribution in [0, 0.1) is 33.1 Å². The quantitative estimate of drug-likeness (QED) is 0.0361. The van der Waals surface area contributed by atoms with Crippen LogP contribution >= 0.6 is 0 Å². The Hall–Kier alpha value is -10.1. The molecule has 12 aromatic rings. The van der Waals surface area contributed by atoms with Crippen LogP contribution in [-0.4, -0.2) is 91.0 Å². The zero-order chi connectivity index (χ0) is 77.3. The van der Waals surface area contributed by atoms with E-state index >= 15 is 0 Å². The van der Waals surface area contributed by atoms with E-state index in [1.165, 1.54) is 217 Å². The molecule has 3 aliphatic rings. The number of hydrogen-bond donors (Lipinski definition) is 0. The molecule has 0 atom stereocenters. The van der Waals surface area contributed by atoms with Crippen LogP contribution in [0.3, 0.4) is 0 Å². The van der Waals surface area contributed by atoms with Crippen molar-refractivity contribution in [3.63, 3.8) is 0 Å². The first kappa shape index (κ1) is 79.0. The van der Waals surface area contributed by atoms with Crippen LogP contribution in [0.4, 0.5) is 0 Å². The van der Waals surface area contributed by atoms with Crippen LogP contribution in [0.15, 0.2) is 237 Å². The van der Waals surface area contributed by atoms with Gasteiger partial charge in [-0.15, -0.1) is 12.3 Å². The van der Waals surface area contributed by atoms with Crippen LogP contribution in [0.25, 0.3) is 99.1 Å². The molecular weight excluding hydrogens is 1350 g/mol. The van der Waals surface area contributed by atoms with E-state index in [4.69, 9.17) is 6.42 Å². The molecule has 0 unspecified atom stereocenters. The highest BCUT2D eigenvalue weighted by Crippen LogP contribution is 2.41. The normalized spacial score (nSPS) is 14.7. The van der Waals surface area contributed by atoms with Crippen LogP contribution in [0.5, 0.6) is 0 Å². The highest BCUT2D eigenvalue weighted by Gasteiger charge is 2.25. The molecule has 0 saturated carbocycles. The third-order valence-corrected chi connectivity index (χ3v) is 24.0. The van der Waals surface area contributed by atoms with Crippen molar-refractivity contribution in [2.24, 2.45) is 0 Å². The second-order valence-corrected chi connectivity index (χ2v) is 32.1. The highest BCUT2D eigenvalue weighted by molar-refractivity contribution is 6.08. The Morgan fingerprint density at radius 1 is 0.315 bits per heavy atom.